The Balaban J connectivity index is 2.32. The molecule has 1 aromatic heterocycles. The van der Waals surface area contributed by atoms with Gasteiger partial charge in [0, 0.05) is 12.3 Å². The third-order valence-corrected chi connectivity index (χ3v) is 3.05. The maximum absolute atomic E-state index is 12.4. The summed E-state index contributed by atoms with van der Waals surface area (Å²) in [4.78, 5) is 24.2. The zero-order valence-corrected chi connectivity index (χ0v) is 10.2. The van der Waals surface area contributed by atoms with Crippen LogP contribution in [0.2, 0.25) is 0 Å². The molecule has 5 atom stereocenters. The second-order valence-corrected chi connectivity index (χ2v) is 4.48. The van der Waals surface area contributed by atoms with Gasteiger partial charge in [-0.3, -0.25) is 14.3 Å². The van der Waals surface area contributed by atoms with Crippen molar-refractivity contribution in [2.75, 3.05) is 0 Å². The van der Waals surface area contributed by atoms with Crippen molar-refractivity contribution in [3.05, 3.63) is 33.1 Å². The van der Waals surface area contributed by atoms with Crippen LogP contribution in [0.5, 0.6) is 0 Å². The van der Waals surface area contributed by atoms with E-state index in [1.807, 2.05) is 4.98 Å². The second kappa shape index (κ2) is 5.26. The quantitative estimate of drug-likeness (QED) is 0.504. The number of nitrogens with one attached hydrogen (secondary N) is 1. The number of ether oxygens (including phenoxy) is 1. The van der Waals surface area contributed by atoms with Crippen LogP contribution in [-0.2, 0) is 4.74 Å². The Bertz CT molecular complexity index is 626. The molecule has 2 rings (SSSR count). The Morgan fingerprint density at radius 3 is 2.43 bits per heavy atom. The summed E-state index contributed by atoms with van der Waals surface area (Å²) in [6.07, 6.45) is -15.0. The number of aliphatic hydroxyl groups is 3. The monoisotopic (exact) mass is 312 g/mol. The first-order chi connectivity index (χ1) is 9.62. The third-order valence-electron chi connectivity index (χ3n) is 3.05. The Labute approximate surface area is 114 Å². The number of aromatic amines is 1. The summed E-state index contributed by atoms with van der Waals surface area (Å²) < 4.78 is 42.6. The first kappa shape index (κ1) is 15.7. The zero-order valence-electron chi connectivity index (χ0n) is 10.2. The minimum absolute atomic E-state index is 0.610. The van der Waals surface area contributed by atoms with Crippen LogP contribution in [-0.4, -0.2) is 55.5 Å². The lowest BCUT2D eigenvalue weighted by atomic mass is 10.1. The molecule has 0 amide bonds. The molecular weight excluding hydrogens is 301 g/mol. The van der Waals surface area contributed by atoms with E-state index >= 15 is 0 Å². The van der Waals surface area contributed by atoms with Crippen LogP contribution in [0.4, 0.5) is 13.2 Å². The molecule has 1 aliphatic heterocycles. The van der Waals surface area contributed by atoms with Gasteiger partial charge in [-0.2, -0.15) is 13.2 Å². The van der Waals surface area contributed by atoms with Crippen molar-refractivity contribution in [3.8, 4) is 0 Å². The number of halogens is 3. The molecule has 0 bridgehead atoms. The van der Waals surface area contributed by atoms with Crippen LogP contribution in [0.25, 0.3) is 0 Å². The number of aliphatic hydroxyl groups excluding tert-OH is 3. The van der Waals surface area contributed by atoms with E-state index in [2.05, 4.69) is 0 Å². The lowest BCUT2D eigenvalue weighted by Crippen LogP contribution is -2.46. The summed E-state index contributed by atoms with van der Waals surface area (Å²) in [5.74, 6) is 0. The lowest BCUT2D eigenvalue weighted by Gasteiger charge is -2.22. The maximum Gasteiger partial charge on any atom is 0.417 e. The van der Waals surface area contributed by atoms with Gasteiger partial charge < -0.3 is 20.1 Å². The number of H-pyrrole nitrogens is 1. The summed E-state index contributed by atoms with van der Waals surface area (Å²) in [6, 6.07) is 0.886. The van der Waals surface area contributed by atoms with Gasteiger partial charge in [-0.15, -0.1) is 0 Å². The number of nitrogens with zero attached hydrogens (tertiary/aromatic N) is 1. The summed E-state index contributed by atoms with van der Waals surface area (Å²) in [6.45, 7) is 0. The summed E-state index contributed by atoms with van der Waals surface area (Å²) >= 11 is 0. The molecule has 21 heavy (non-hydrogen) atoms. The van der Waals surface area contributed by atoms with Crippen molar-refractivity contribution >= 4 is 0 Å². The van der Waals surface area contributed by atoms with Gasteiger partial charge in [-0.05, 0) is 0 Å². The average Bonchev–Trinajstić information content (AvgIpc) is 2.65. The molecule has 0 radical (unpaired) electrons. The van der Waals surface area contributed by atoms with Crippen LogP contribution >= 0.6 is 0 Å². The highest BCUT2D eigenvalue weighted by Gasteiger charge is 2.54. The van der Waals surface area contributed by atoms with Crippen LogP contribution in [0.15, 0.2) is 21.9 Å². The van der Waals surface area contributed by atoms with E-state index in [0.717, 1.165) is 12.3 Å². The van der Waals surface area contributed by atoms with E-state index < -0.39 is 48.1 Å². The van der Waals surface area contributed by atoms with Crippen molar-refractivity contribution in [3.63, 3.8) is 0 Å². The highest BCUT2D eigenvalue weighted by Crippen LogP contribution is 2.35. The second-order valence-electron chi connectivity index (χ2n) is 4.48. The molecule has 11 heteroatoms. The highest BCUT2D eigenvalue weighted by atomic mass is 19.4. The van der Waals surface area contributed by atoms with Gasteiger partial charge in [0.1, 0.15) is 18.3 Å². The van der Waals surface area contributed by atoms with Crippen LogP contribution in [0.3, 0.4) is 0 Å². The van der Waals surface area contributed by atoms with E-state index in [-0.39, 0.29) is 0 Å². The number of hydrogen-bond donors (Lipinski definition) is 4. The maximum atomic E-state index is 12.4. The molecule has 0 aliphatic carbocycles. The molecule has 0 spiro atoms. The third kappa shape index (κ3) is 2.85. The minimum atomic E-state index is -5.07. The van der Waals surface area contributed by atoms with Gasteiger partial charge in [0.25, 0.3) is 5.56 Å². The fourth-order valence-corrected chi connectivity index (χ4v) is 1.99. The largest absolute Gasteiger partial charge is 0.417 e. The van der Waals surface area contributed by atoms with Gasteiger partial charge in [0.2, 0.25) is 0 Å². The van der Waals surface area contributed by atoms with Gasteiger partial charge in [-0.1, -0.05) is 0 Å². The predicted octanol–water partition coefficient (Wildman–Crippen LogP) is -1.92. The van der Waals surface area contributed by atoms with E-state index in [9.17, 15) is 33.0 Å². The first-order valence-corrected chi connectivity index (χ1v) is 5.71. The van der Waals surface area contributed by atoms with Crippen molar-refractivity contribution in [1.29, 1.82) is 0 Å². The standard InChI is InChI=1S/C10H11F3N2O6/c11-10(12,13)7(19)6-4(17)5(18)8(21-6)15-2-1-3(16)14-9(15)20/h1-2,4-8,17-19H,(H,14,16,20)/t4-,5+,6-,7?,8?/m0/s1. The van der Waals surface area contributed by atoms with E-state index in [0.29, 0.717) is 4.57 Å². The molecule has 1 fully saturated rings. The number of aromatic nitrogens is 2. The minimum Gasteiger partial charge on any atom is -0.387 e. The number of hydrogen-bond acceptors (Lipinski definition) is 6. The molecule has 1 aromatic rings. The van der Waals surface area contributed by atoms with Gasteiger partial charge in [0.15, 0.2) is 12.3 Å². The molecule has 4 N–H and O–H groups in total. The summed E-state index contributed by atoms with van der Waals surface area (Å²) in [5, 5.41) is 28.3. The predicted molar refractivity (Wildman–Crippen MR) is 59.3 cm³/mol. The molecular formula is C10H11F3N2O6. The fraction of sp³-hybridized carbons (Fsp3) is 0.600. The molecule has 1 saturated heterocycles. The van der Waals surface area contributed by atoms with Crippen molar-refractivity contribution < 1.29 is 33.2 Å². The SMILES string of the molecule is O=c1ccn(C2O[C@H](C(O)C(F)(F)F)[C@@H](O)[C@H]2O)c(=O)[nH]1. The lowest BCUT2D eigenvalue weighted by molar-refractivity contribution is -0.244. The molecule has 8 nitrogen and oxygen atoms in total. The van der Waals surface area contributed by atoms with E-state index in [4.69, 9.17) is 9.84 Å². The Morgan fingerprint density at radius 1 is 1.29 bits per heavy atom. The summed E-state index contributed by atoms with van der Waals surface area (Å²) in [7, 11) is 0. The van der Waals surface area contributed by atoms with E-state index in [1.165, 1.54) is 0 Å². The molecule has 0 aromatic carbocycles. The molecule has 2 heterocycles. The van der Waals surface area contributed by atoms with Gasteiger partial charge >= 0.3 is 11.9 Å². The van der Waals surface area contributed by atoms with Crippen LogP contribution < -0.4 is 11.2 Å². The van der Waals surface area contributed by atoms with Crippen LogP contribution in [0.1, 0.15) is 6.23 Å². The van der Waals surface area contributed by atoms with Crippen LogP contribution in [0, 0.1) is 0 Å². The van der Waals surface area contributed by atoms with Gasteiger partial charge in [-0.25, -0.2) is 4.79 Å². The molecule has 118 valence electrons. The van der Waals surface area contributed by atoms with Crippen molar-refractivity contribution in [2.45, 2.75) is 36.8 Å². The Morgan fingerprint density at radius 2 is 1.90 bits per heavy atom. The molecule has 2 unspecified atom stereocenters. The average molecular weight is 312 g/mol. The highest BCUT2D eigenvalue weighted by molar-refractivity contribution is 4.96. The van der Waals surface area contributed by atoms with Crippen molar-refractivity contribution in [2.24, 2.45) is 0 Å². The Hall–Kier alpha value is -1.69. The topological polar surface area (TPSA) is 125 Å². The molecule has 1 aliphatic rings. The smallest absolute Gasteiger partial charge is 0.387 e. The normalized spacial score (nSPS) is 31.3. The number of alkyl halides is 3. The Kier molecular flexibility index (Phi) is 3.93. The van der Waals surface area contributed by atoms with Crippen molar-refractivity contribution in [1.82, 2.24) is 9.55 Å². The van der Waals surface area contributed by atoms with E-state index in [1.54, 1.807) is 0 Å². The fourth-order valence-electron chi connectivity index (χ4n) is 1.99. The van der Waals surface area contributed by atoms with Gasteiger partial charge in [0.05, 0.1) is 0 Å². The molecule has 0 saturated carbocycles. The first-order valence-electron chi connectivity index (χ1n) is 5.71. The summed E-state index contributed by atoms with van der Waals surface area (Å²) in [5.41, 5.74) is -1.79. The zero-order chi connectivity index (χ0) is 15.9. The number of rotatable bonds is 2.